The van der Waals surface area contributed by atoms with E-state index in [1.165, 1.54) is 0 Å². The van der Waals surface area contributed by atoms with Crippen molar-refractivity contribution in [2.24, 2.45) is 0 Å². The minimum Gasteiger partial charge on any atom is -0.423 e. The summed E-state index contributed by atoms with van der Waals surface area (Å²) in [6, 6.07) is 16.3. The van der Waals surface area contributed by atoms with Crippen molar-refractivity contribution < 1.29 is 9.53 Å². The number of esters is 1. The van der Waals surface area contributed by atoms with Crippen molar-refractivity contribution in [1.29, 1.82) is 0 Å². The van der Waals surface area contributed by atoms with E-state index >= 15 is 0 Å². The van der Waals surface area contributed by atoms with Gasteiger partial charge in [0.15, 0.2) is 0 Å². The van der Waals surface area contributed by atoms with Crippen molar-refractivity contribution in [3.8, 4) is 5.75 Å². The van der Waals surface area contributed by atoms with Gasteiger partial charge in [-0.3, -0.25) is 0 Å². The van der Waals surface area contributed by atoms with E-state index in [-0.39, 0.29) is 5.97 Å². The molecule has 0 bridgehead atoms. The van der Waals surface area contributed by atoms with Gasteiger partial charge in [0.25, 0.3) is 0 Å². The van der Waals surface area contributed by atoms with Crippen LogP contribution in [-0.4, -0.2) is 5.97 Å². The Labute approximate surface area is 107 Å². The van der Waals surface area contributed by atoms with E-state index in [1.54, 1.807) is 18.2 Å². The van der Waals surface area contributed by atoms with E-state index in [0.29, 0.717) is 11.3 Å². The van der Waals surface area contributed by atoms with Gasteiger partial charge in [-0.1, -0.05) is 24.3 Å². The van der Waals surface area contributed by atoms with E-state index in [2.05, 4.69) is 22.6 Å². The first-order valence-electron chi connectivity index (χ1n) is 4.78. The highest BCUT2D eigenvalue weighted by Gasteiger charge is 2.07. The fourth-order valence-corrected chi connectivity index (χ4v) is 1.79. The predicted octanol–water partition coefficient (Wildman–Crippen LogP) is 3.51. The second-order valence-electron chi connectivity index (χ2n) is 3.21. The Hall–Kier alpha value is -1.36. The lowest BCUT2D eigenvalue weighted by Crippen LogP contribution is -2.08. The Morgan fingerprint density at radius 3 is 2.44 bits per heavy atom. The molecule has 16 heavy (non-hydrogen) atoms. The Morgan fingerprint density at radius 1 is 1.00 bits per heavy atom. The SMILES string of the molecule is O=C(Oc1cccc(I)c1)c1ccccc1. The van der Waals surface area contributed by atoms with Crippen LogP contribution < -0.4 is 4.74 Å². The zero-order valence-electron chi connectivity index (χ0n) is 8.39. The zero-order chi connectivity index (χ0) is 11.4. The number of carbonyl (C=O) groups excluding carboxylic acids is 1. The number of carbonyl (C=O) groups is 1. The number of hydrogen-bond donors (Lipinski definition) is 0. The molecule has 0 saturated carbocycles. The lowest BCUT2D eigenvalue weighted by molar-refractivity contribution is 0.0734. The Bertz CT molecular complexity index is 494. The topological polar surface area (TPSA) is 26.3 Å². The first kappa shape index (κ1) is 11.1. The first-order valence-corrected chi connectivity index (χ1v) is 5.86. The molecule has 2 aromatic carbocycles. The molecule has 0 fully saturated rings. The molecule has 2 aromatic rings. The summed E-state index contributed by atoms with van der Waals surface area (Å²) in [5.41, 5.74) is 0.557. The molecule has 0 amide bonds. The van der Waals surface area contributed by atoms with Crippen LogP contribution in [0.15, 0.2) is 54.6 Å². The van der Waals surface area contributed by atoms with Gasteiger partial charge in [-0.25, -0.2) is 4.79 Å². The molecule has 2 nitrogen and oxygen atoms in total. The van der Waals surface area contributed by atoms with Crippen LogP contribution in [0.4, 0.5) is 0 Å². The van der Waals surface area contributed by atoms with Gasteiger partial charge in [-0.2, -0.15) is 0 Å². The summed E-state index contributed by atoms with van der Waals surface area (Å²) in [4.78, 5) is 11.7. The van der Waals surface area contributed by atoms with E-state index in [0.717, 1.165) is 3.57 Å². The van der Waals surface area contributed by atoms with Crippen molar-refractivity contribution in [1.82, 2.24) is 0 Å². The molecular formula is C13H9IO2. The molecule has 0 atom stereocenters. The molecule has 0 heterocycles. The van der Waals surface area contributed by atoms with Crippen LogP contribution in [-0.2, 0) is 0 Å². The van der Waals surface area contributed by atoms with Gasteiger partial charge in [0, 0.05) is 3.57 Å². The molecule has 0 radical (unpaired) electrons. The molecule has 0 aliphatic rings. The molecule has 0 aliphatic heterocycles. The van der Waals surface area contributed by atoms with Crippen LogP contribution in [0, 0.1) is 3.57 Å². The van der Waals surface area contributed by atoms with Gasteiger partial charge < -0.3 is 4.74 Å². The molecule has 0 aliphatic carbocycles. The number of ether oxygens (including phenoxy) is 1. The zero-order valence-corrected chi connectivity index (χ0v) is 10.5. The summed E-state index contributed by atoms with van der Waals surface area (Å²) in [6.45, 7) is 0. The highest BCUT2D eigenvalue weighted by atomic mass is 127. The van der Waals surface area contributed by atoms with E-state index in [1.807, 2.05) is 36.4 Å². The Balaban J connectivity index is 2.14. The van der Waals surface area contributed by atoms with Crippen LogP contribution >= 0.6 is 22.6 Å². The third-order valence-corrected chi connectivity index (χ3v) is 2.69. The monoisotopic (exact) mass is 324 g/mol. The van der Waals surface area contributed by atoms with Crippen LogP contribution in [0.5, 0.6) is 5.75 Å². The number of rotatable bonds is 2. The van der Waals surface area contributed by atoms with Gasteiger partial charge in [-0.05, 0) is 52.9 Å². The van der Waals surface area contributed by atoms with Gasteiger partial charge in [-0.15, -0.1) is 0 Å². The predicted molar refractivity (Wildman–Crippen MR) is 70.6 cm³/mol. The highest BCUT2D eigenvalue weighted by Crippen LogP contribution is 2.16. The number of hydrogen-bond acceptors (Lipinski definition) is 2. The van der Waals surface area contributed by atoms with Crippen LogP contribution in [0.3, 0.4) is 0 Å². The van der Waals surface area contributed by atoms with Gasteiger partial charge in [0.05, 0.1) is 5.56 Å². The number of benzene rings is 2. The molecule has 0 aromatic heterocycles. The second-order valence-corrected chi connectivity index (χ2v) is 4.46. The summed E-state index contributed by atoms with van der Waals surface area (Å²) >= 11 is 2.18. The molecule has 0 saturated heterocycles. The molecular weight excluding hydrogens is 315 g/mol. The summed E-state index contributed by atoms with van der Waals surface area (Å²) in [7, 11) is 0. The Kier molecular flexibility index (Phi) is 3.56. The fourth-order valence-electron chi connectivity index (χ4n) is 1.27. The molecule has 80 valence electrons. The van der Waals surface area contributed by atoms with Gasteiger partial charge in [0.1, 0.15) is 5.75 Å². The maximum atomic E-state index is 11.7. The van der Waals surface area contributed by atoms with Crippen molar-refractivity contribution in [2.45, 2.75) is 0 Å². The smallest absolute Gasteiger partial charge is 0.343 e. The highest BCUT2D eigenvalue weighted by molar-refractivity contribution is 14.1. The van der Waals surface area contributed by atoms with E-state index < -0.39 is 0 Å². The van der Waals surface area contributed by atoms with E-state index in [4.69, 9.17) is 4.74 Å². The summed E-state index contributed by atoms with van der Waals surface area (Å²) in [6.07, 6.45) is 0. The largest absolute Gasteiger partial charge is 0.423 e. The van der Waals surface area contributed by atoms with Gasteiger partial charge in [0.2, 0.25) is 0 Å². The van der Waals surface area contributed by atoms with Gasteiger partial charge >= 0.3 is 5.97 Å². The van der Waals surface area contributed by atoms with Crippen LogP contribution in [0.1, 0.15) is 10.4 Å². The summed E-state index contributed by atoms with van der Waals surface area (Å²) in [5, 5.41) is 0. The lowest BCUT2D eigenvalue weighted by Gasteiger charge is -2.04. The van der Waals surface area contributed by atoms with Crippen molar-refractivity contribution in [3.05, 3.63) is 63.7 Å². The lowest BCUT2D eigenvalue weighted by atomic mass is 10.2. The average Bonchev–Trinajstić information content (AvgIpc) is 2.30. The third kappa shape index (κ3) is 2.82. The third-order valence-electron chi connectivity index (χ3n) is 2.02. The average molecular weight is 324 g/mol. The summed E-state index contributed by atoms with van der Waals surface area (Å²) in [5.74, 6) is 0.239. The molecule has 3 heteroatoms. The fraction of sp³-hybridized carbons (Fsp3) is 0. The van der Waals surface area contributed by atoms with Crippen LogP contribution in [0.2, 0.25) is 0 Å². The maximum absolute atomic E-state index is 11.7. The second kappa shape index (κ2) is 5.12. The standard InChI is InChI=1S/C13H9IO2/c14-11-7-4-8-12(9-11)16-13(15)10-5-2-1-3-6-10/h1-9H. The van der Waals surface area contributed by atoms with Crippen LogP contribution in [0.25, 0.3) is 0 Å². The molecule has 0 N–H and O–H groups in total. The Morgan fingerprint density at radius 2 is 1.75 bits per heavy atom. The normalized spacial score (nSPS) is 9.81. The van der Waals surface area contributed by atoms with Crippen molar-refractivity contribution >= 4 is 28.6 Å². The molecule has 0 unspecified atom stereocenters. The minimum atomic E-state index is -0.331. The van der Waals surface area contributed by atoms with Crippen molar-refractivity contribution in [3.63, 3.8) is 0 Å². The number of halogens is 1. The first-order chi connectivity index (χ1) is 7.75. The van der Waals surface area contributed by atoms with E-state index in [9.17, 15) is 4.79 Å². The molecule has 2 rings (SSSR count). The van der Waals surface area contributed by atoms with Crippen molar-refractivity contribution in [2.75, 3.05) is 0 Å². The quantitative estimate of drug-likeness (QED) is 0.480. The maximum Gasteiger partial charge on any atom is 0.343 e. The molecule has 0 spiro atoms. The summed E-state index contributed by atoms with van der Waals surface area (Å²) < 4.78 is 6.28. The minimum absolute atomic E-state index is 0.331.